The topological polar surface area (TPSA) is 69.7 Å². The second-order valence-electron chi connectivity index (χ2n) is 10.0. The van der Waals surface area contributed by atoms with Crippen LogP contribution in [0.15, 0.2) is 70.0 Å². The van der Waals surface area contributed by atoms with Gasteiger partial charge in [0.1, 0.15) is 0 Å². The minimum absolute atomic E-state index is 0.0610. The zero-order valence-corrected chi connectivity index (χ0v) is 23.5. The molecule has 0 spiro atoms. The van der Waals surface area contributed by atoms with E-state index in [0.717, 1.165) is 40.2 Å². The van der Waals surface area contributed by atoms with Gasteiger partial charge in [0, 0.05) is 48.3 Å². The Labute approximate surface area is 222 Å². The number of hydrogen-bond acceptors (Lipinski definition) is 4. The zero-order valence-electron chi connectivity index (χ0n) is 21.1. The SMILES string of the molecule is CCCC(C)(C)NCc1ccc(C(=O)N2CCN(S(=O)(=O)c3ccc4cc(Br)ccc4c3)CC2)cc1. The van der Waals surface area contributed by atoms with Gasteiger partial charge in [0.05, 0.1) is 4.90 Å². The minimum atomic E-state index is -3.63. The number of sulfonamides is 1. The first-order chi connectivity index (χ1) is 17.1. The van der Waals surface area contributed by atoms with Crippen LogP contribution in [-0.2, 0) is 16.6 Å². The van der Waals surface area contributed by atoms with Gasteiger partial charge in [0.25, 0.3) is 5.91 Å². The van der Waals surface area contributed by atoms with Crippen molar-refractivity contribution in [3.05, 3.63) is 76.3 Å². The molecule has 1 N–H and O–H groups in total. The summed E-state index contributed by atoms with van der Waals surface area (Å²) >= 11 is 3.45. The van der Waals surface area contributed by atoms with Crippen molar-refractivity contribution in [3.63, 3.8) is 0 Å². The number of hydrogen-bond donors (Lipinski definition) is 1. The van der Waals surface area contributed by atoms with Crippen molar-refractivity contribution in [2.75, 3.05) is 26.2 Å². The van der Waals surface area contributed by atoms with Crippen LogP contribution in [0, 0.1) is 0 Å². The number of nitrogens with one attached hydrogen (secondary N) is 1. The minimum Gasteiger partial charge on any atom is -0.336 e. The van der Waals surface area contributed by atoms with Crippen LogP contribution in [-0.4, -0.2) is 55.2 Å². The predicted molar refractivity (Wildman–Crippen MR) is 149 cm³/mol. The molecule has 1 fully saturated rings. The zero-order chi connectivity index (χ0) is 25.9. The van der Waals surface area contributed by atoms with Crippen LogP contribution in [0.2, 0.25) is 0 Å². The predicted octanol–water partition coefficient (Wildman–Crippen LogP) is 5.42. The third-order valence-corrected chi connectivity index (χ3v) is 9.17. The smallest absolute Gasteiger partial charge is 0.253 e. The third-order valence-electron chi connectivity index (χ3n) is 6.78. The van der Waals surface area contributed by atoms with Crippen LogP contribution in [0.1, 0.15) is 49.5 Å². The molecule has 0 unspecified atom stereocenters. The number of carbonyl (C=O) groups excluding carboxylic acids is 1. The molecule has 0 saturated carbocycles. The van der Waals surface area contributed by atoms with Gasteiger partial charge in [-0.05, 0) is 73.0 Å². The quantitative estimate of drug-likeness (QED) is 0.392. The first kappa shape index (κ1) is 26.8. The van der Waals surface area contributed by atoms with Crippen molar-refractivity contribution < 1.29 is 13.2 Å². The Kier molecular flexibility index (Phi) is 8.19. The van der Waals surface area contributed by atoms with Crippen molar-refractivity contribution in [1.29, 1.82) is 0 Å². The van der Waals surface area contributed by atoms with Crippen LogP contribution >= 0.6 is 15.9 Å². The largest absolute Gasteiger partial charge is 0.336 e. The summed E-state index contributed by atoms with van der Waals surface area (Å²) in [6.45, 7) is 8.63. The molecular formula is C28H34BrN3O3S. The molecule has 8 heteroatoms. The van der Waals surface area contributed by atoms with Gasteiger partial charge in [-0.1, -0.05) is 53.5 Å². The fourth-order valence-corrected chi connectivity index (χ4v) is 6.48. The van der Waals surface area contributed by atoms with Gasteiger partial charge in [-0.25, -0.2) is 8.42 Å². The molecule has 6 nitrogen and oxygen atoms in total. The summed E-state index contributed by atoms with van der Waals surface area (Å²) in [7, 11) is -3.63. The fourth-order valence-electron chi connectivity index (χ4n) is 4.64. The number of amides is 1. The lowest BCUT2D eigenvalue weighted by Crippen LogP contribution is -2.50. The summed E-state index contributed by atoms with van der Waals surface area (Å²) in [5, 5.41) is 5.43. The normalized spacial score (nSPS) is 15.4. The molecule has 1 aliphatic rings. The average Bonchev–Trinajstić information content (AvgIpc) is 2.87. The molecule has 0 aliphatic carbocycles. The third kappa shape index (κ3) is 6.17. The van der Waals surface area contributed by atoms with Gasteiger partial charge in [0.15, 0.2) is 0 Å². The van der Waals surface area contributed by atoms with Gasteiger partial charge in [-0.2, -0.15) is 4.31 Å². The summed E-state index contributed by atoms with van der Waals surface area (Å²) in [4.78, 5) is 15.1. The number of fused-ring (bicyclic) bond motifs is 1. The van der Waals surface area contributed by atoms with E-state index in [1.165, 1.54) is 4.31 Å². The number of piperazine rings is 1. The lowest BCUT2D eigenvalue weighted by molar-refractivity contribution is 0.0698. The Bertz CT molecular complexity index is 1330. The molecule has 1 aliphatic heterocycles. The Morgan fingerprint density at radius 3 is 2.25 bits per heavy atom. The second kappa shape index (κ2) is 11.0. The van der Waals surface area contributed by atoms with E-state index in [-0.39, 0.29) is 29.4 Å². The Morgan fingerprint density at radius 2 is 1.58 bits per heavy atom. The summed E-state index contributed by atoms with van der Waals surface area (Å²) in [6.07, 6.45) is 2.23. The van der Waals surface area contributed by atoms with Crippen LogP contribution in [0.3, 0.4) is 0 Å². The number of nitrogens with zero attached hydrogens (tertiary/aromatic N) is 2. The molecule has 192 valence electrons. The van der Waals surface area contributed by atoms with Crippen LogP contribution in [0.4, 0.5) is 0 Å². The molecule has 1 heterocycles. The van der Waals surface area contributed by atoms with E-state index in [2.05, 4.69) is 42.0 Å². The molecule has 1 amide bonds. The van der Waals surface area contributed by atoms with Crippen molar-refractivity contribution >= 4 is 42.6 Å². The molecule has 0 atom stereocenters. The Morgan fingerprint density at radius 1 is 0.944 bits per heavy atom. The highest BCUT2D eigenvalue weighted by atomic mass is 79.9. The van der Waals surface area contributed by atoms with Gasteiger partial charge in [-0.15, -0.1) is 0 Å². The second-order valence-corrected chi connectivity index (χ2v) is 12.9. The first-order valence-corrected chi connectivity index (χ1v) is 14.6. The summed E-state index contributed by atoms with van der Waals surface area (Å²) in [6, 6.07) is 18.7. The molecule has 0 radical (unpaired) electrons. The van der Waals surface area contributed by atoms with Crippen LogP contribution < -0.4 is 5.32 Å². The van der Waals surface area contributed by atoms with Gasteiger partial charge < -0.3 is 10.2 Å². The van der Waals surface area contributed by atoms with Crippen LogP contribution in [0.25, 0.3) is 10.8 Å². The lowest BCUT2D eigenvalue weighted by Gasteiger charge is -2.34. The molecule has 3 aromatic carbocycles. The molecule has 1 saturated heterocycles. The highest BCUT2D eigenvalue weighted by molar-refractivity contribution is 9.10. The first-order valence-electron chi connectivity index (χ1n) is 12.4. The summed E-state index contributed by atoms with van der Waals surface area (Å²) in [5.41, 5.74) is 1.84. The van der Waals surface area contributed by atoms with E-state index < -0.39 is 10.0 Å². The fraction of sp³-hybridized carbons (Fsp3) is 0.393. The van der Waals surface area contributed by atoms with Crippen molar-refractivity contribution in [1.82, 2.24) is 14.5 Å². The van der Waals surface area contributed by atoms with E-state index in [0.29, 0.717) is 18.7 Å². The van der Waals surface area contributed by atoms with Gasteiger partial charge in [-0.3, -0.25) is 4.79 Å². The van der Waals surface area contributed by atoms with Crippen molar-refractivity contribution in [2.24, 2.45) is 0 Å². The molecule has 4 rings (SSSR count). The van der Waals surface area contributed by atoms with Gasteiger partial charge in [0.2, 0.25) is 10.0 Å². The summed E-state index contributed by atoms with van der Waals surface area (Å²) in [5.74, 6) is -0.0610. The highest BCUT2D eigenvalue weighted by Crippen LogP contribution is 2.25. The van der Waals surface area contributed by atoms with Crippen molar-refractivity contribution in [2.45, 2.75) is 50.6 Å². The molecule has 3 aromatic rings. The maximum absolute atomic E-state index is 13.3. The average molecular weight is 573 g/mol. The Hall–Kier alpha value is -2.26. The van der Waals surface area contributed by atoms with Gasteiger partial charge >= 0.3 is 0 Å². The molecule has 0 bridgehead atoms. The summed E-state index contributed by atoms with van der Waals surface area (Å²) < 4.78 is 29.0. The number of carbonyl (C=O) groups is 1. The standard InChI is InChI=1S/C28H34BrN3O3S/c1-4-13-28(2,3)30-20-21-5-7-22(8-6-21)27(33)31-14-16-32(17-15-31)36(34,35)26-12-10-23-18-25(29)11-9-24(23)19-26/h5-12,18-19,30H,4,13-17,20H2,1-3H3. The maximum Gasteiger partial charge on any atom is 0.253 e. The van der Waals surface area contributed by atoms with E-state index in [4.69, 9.17) is 0 Å². The lowest BCUT2D eigenvalue weighted by atomic mass is 9.98. The maximum atomic E-state index is 13.3. The number of halogens is 1. The number of rotatable bonds is 8. The Balaban J connectivity index is 1.36. The highest BCUT2D eigenvalue weighted by Gasteiger charge is 2.30. The number of benzene rings is 3. The van der Waals surface area contributed by atoms with Crippen molar-refractivity contribution in [3.8, 4) is 0 Å². The molecule has 0 aromatic heterocycles. The molecular weight excluding hydrogens is 538 g/mol. The van der Waals surface area contributed by atoms with E-state index in [9.17, 15) is 13.2 Å². The van der Waals surface area contributed by atoms with E-state index in [1.54, 1.807) is 17.0 Å². The van der Waals surface area contributed by atoms with E-state index in [1.807, 2.05) is 48.5 Å². The monoisotopic (exact) mass is 571 g/mol. The van der Waals surface area contributed by atoms with E-state index >= 15 is 0 Å². The molecule has 36 heavy (non-hydrogen) atoms. The van der Waals surface area contributed by atoms with Crippen LogP contribution in [0.5, 0.6) is 0 Å².